The first-order chi connectivity index (χ1) is 19.7. The molecule has 41 heavy (non-hydrogen) atoms. The number of thiazole rings is 1. The zero-order chi connectivity index (χ0) is 28.8. The number of carbonyl (C=O) groups excluding carboxylic acids is 3. The average Bonchev–Trinajstić information content (AvgIpc) is 3.41. The van der Waals surface area contributed by atoms with Gasteiger partial charge >= 0.3 is 4.87 Å². The molecule has 0 radical (unpaired) electrons. The van der Waals surface area contributed by atoms with Crippen LogP contribution in [0, 0.1) is 5.92 Å². The number of imide groups is 1. The summed E-state index contributed by atoms with van der Waals surface area (Å²) in [6.45, 7) is -0.274. The molecule has 1 saturated heterocycles. The molecular formula is C29H22BrN3O6S2. The first-order valence-electron chi connectivity index (χ1n) is 12.5. The Morgan fingerprint density at radius 2 is 1.66 bits per heavy atom. The van der Waals surface area contributed by atoms with E-state index >= 15 is 0 Å². The summed E-state index contributed by atoms with van der Waals surface area (Å²) in [5, 5.41) is 12.0. The van der Waals surface area contributed by atoms with Gasteiger partial charge in [-0.2, -0.15) is 0 Å². The van der Waals surface area contributed by atoms with Gasteiger partial charge in [0.25, 0.3) is 0 Å². The minimum atomic E-state index is -0.786. The Kier molecular flexibility index (Phi) is 7.22. The van der Waals surface area contributed by atoms with Crippen molar-refractivity contribution in [3.63, 3.8) is 0 Å². The van der Waals surface area contributed by atoms with Crippen molar-refractivity contribution in [3.05, 3.63) is 97.4 Å². The lowest BCUT2D eigenvalue weighted by molar-refractivity contribution is -0.122. The van der Waals surface area contributed by atoms with Gasteiger partial charge in [-0.3, -0.25) is 23.7 Å². The smallest absolute Gasteiger partial charge is 0.308 e. The van der Waals surface area contributed by atoms with Crippen LogP contribution >= 0.6 is 39.0 Å². The van der Waals surface area contributed by atoms with Gasteiger partial charge in [-0.15, -0.1) is 0 Å². The Balaban J connectivity index is 1.40. The van der Waals surface area contributed by atoms with Crippen LogP contribution in [0.25, 0.3) is 0 Å². The Morgan fingerprint density at radius 3 is 2.32 bits per heavy atom. The zero-order valence-electron chi connectivity index (χ0n) is 21.4. The summed E-state index contributed by atoms with van der Waals surface area (Å²) in [5.41, 5.74) is 1.71. The summed E-state index contributed by atoms with van der Waals surface area (Å²) < 4.78 is 7.50. The predicted octanol–water partition coefficient (Wildman–Crippen LogP) is 4.82. The van der Waals surface area contributed by atoms with Gasteiger partial charge in [0.1, 0.15) is 23.3 Å². The highest BCUT2D eigenvalue weighted by Gasteiger charge is 2.56. The number of aromatic hydroxyl groups is 1. The quantitative estimate of drug-likeness (QED) is 0.227. The van der Waals surface area contributed by atoms with E-state index in [0.717, 1.165) is 33.1 Å². The standard InChI is InChI=1S/C29H22BrN3O6S2/c1-39-20-12-2-15(3-13-20)22-23-24(27(37)33(26(23)36)18-8-4-16(30)5-9-18)40-28-25(22)41-29(38)32(28)14-21(35)31-17-6-10-19(34)11-7-17/h2-13,22-24,34H,14H2,1H3,(H,31,35)/t22-,23?,24?/m1/s1. The van der Waals surface area contributed by atoms with Gasteiger partial charge in [-0.05, 0) is 66.2 Å². The first kappa shape index (κ1) is 27.3. The van der Waals surface area contributed by atoms with Crippen LogP contribution in [0.15, 0.2) is 87.1 Å². The van der Waals surface area contributed by atoms with E-state index in [-0.39, 0.29) is 29.0 Å². The number of rotatable bonds is 6. The molecule has 3 amide bonds. The predicted molar refractivity (Wildman–Crippen MR) is 160 cm³/mol. The average molecular weight is 653 g/mol. The fraction of sp³-hybridized carbons (Fsp3) is 0.172. The number of nitrogens with zero attached hydrogens (tertiary/aromatic N) is 2. The number of hydrogen-bond donors (Lipinski definition) is 2. The van der Waals surface area contributed by atoms with E-state index in [1.165, 1.54) is 21.6 Å². The van der Waals surface area contributed by atoms with Crippen LogP contribution in [0.5, 0.6) is 11.5 Å². The van der Waals surface area contributed by atoms with Gasteiger partial charge in [0, 0.05) is 21.0 Å². The normalized spacial score (nSPS) is 19.6. The van der Waals surface area contributed by atoms with Crippen LogP contribution in [-0.2, 0) is 20.9 Å². The molecule has 208 valence electrons. The van der Waals surface area contributed by atoms with Crippen LogP contribution in [0.3, 0.4) is 0 Å². The molecule has 2 unspecified atom stereocenters. The summed E-state index contributed by atoms with van der Waals surface area (Å²) in [5.74, 6) is -1.75. The Bertz CT molecular complexity index is 1720. The van der Waals surface area contributed by atoms with Crippen LogP contribution in [0.1, 0.15) is 16.4 Å². The van der Waals surface area contributed by atoms with Crippen molar-refractivity contribution in [2.75, 3.05) is 17.3 Å². The van der Waals surface area contributed by atoms with Crippen molar-refractivity contribution in [1.29, 1.82) is 0 Å². The van der Waals surface area contributed by atoms with Crippen LogP contribution in [0.4, 0.5) is 11.4 Å². The van der Waals surface area contributed by atoms with Gasteiger partial charge in [0.2, 0.25) is 17.7 Å². The van der Waals surface area contributed by atoms with E-state index in [4.69, 9.17) is 4.74 Å². The van der Waals surface area contributed by atoms with Gasteiger partial charge < -0.3 is 15.2 Å². The Hall–Kier alpha value is -3.87. The zero-order valence-corrected chi connectivity index (χ0v) is 24.7. The third kappa shape index (κ3) is 4.96. The Morgan fingerprint density at radius 1 is 0.976 bits per heavy atom. The highest BCUT2D eigenvalue weighted by Crippen LogP contribution is 2.54. The number of aromatic nitrogens is 1. The first-order valence-corrected chi connectivity index (χ1v) is 15.0. The van der Waals surface area contributed by atoms with E-state index in [1.807, 2.05) is 12.1 Å². The number of hydrogen-bond acceptors (Lipinski definition) is 8. The molecule has 1 aromatic heterocycles. The lowest BCUT2D eigenvalue weighted by Crippen LogP contribution is -2.33. The molecule has 3 atom stereocenters. The second-order valence-electron chi connectivity index (χ2n) is 9.52. The maximum absolute atomic E-state index is 13.9. The topological polar surface area (TPSA) is 118 Å². The van der Waals surface area contributed by atoms with Crippen LogP contribution < -0.4 is 19.8 Å². The largest absolute Gasteiger partial charge is 0.508 e. The monoisotopic (exact) mass is 651 g/mol. The van der Waals surface area contributed by atoms with Crippen molar-refractivity contribution in [3.8, 4) is 11.5 Å². The number of benzene rings is 3. The number of methoxy groups -OCH3 is 1. The lowest BCUT2D eigenvalue weighted by atomic mass is 9.83. The molecule has 0 saturated carbocycles. The fourth-order valence-corrected chi connectivity index (χ4v) is 8.20. The maximum Gasteiger partial charge on any atom is 0.308 e. The molecule has 2 N–H and O–H groups in total. The number of ether oxygens (including phenoxy) is 1. The van der Waals surface area contributed by atoms with Gasteiger partial charge in [-0.25, -0.2) is 4.90 Å². The number of halogens is 1. The molecule has 6 rings (SSSR count). The molecule has 12 heteroatoms. The molecule has 1 fully saturated rings. The molecule has 2 aliphatic rings. The van der Waals surface area contributed by atoms with Gasteiger partial charge in [0.15, 0.2) is 0 Å². The highest BCUT2D eigenvalue weighted by molar-refractivity contribution is 9.10. The molecule has 0 aliphatic carbocycles. The fourth-order valence-electron chi connectivity index (χ4n) is 5.16. The number of phenols is 1. The van der Waals surface area contributed by atoms with E-state index < -0.39 is 23.0 Å². The molecule has 2 aliphatic heterocycles. The van der Waals surface area contributed by atoms with E-state index in [1.54, 1.807) is 55.6 Å². The molecule has 9 nitrogen and oxygen atoms in total. The molecule has 0 spiro atoms. The summed E-state index contributed by atoms with van der Waals surface area (Å²) in [6, 6.07) is 20.2. The number of anilines is 2. The van der Waals surface area contributed by atoms with Gasteiger partial charge in [0.05, 0.1) is 23.7 Å². The van der Waals surface area contributed by atoms with Crippen molar-refractivity contribution in [2.24, 2.45) is 5.92 Å². The molecular weight excluding hydrogens is 630 g/mol. The summed E-state index contributed by atoms with van der Waals surface area (Å²) in [4.78, 5) is 55.5. The van der Waals surface area contributed by atoms with E-state index in [0.29, 0.717) is 27.0 Å². The number of phenolic OH excluding ortho intramolecular Hbond substituents is 1. The van der Waals surface area contributed by atoms with Crippen molar-refractivity contribution < 1.29 is 24.2 Å². The molecule has 0 bridgehead atoms. The second kappa shape index (κ2) is 10.8. The minimum Gasteiger partial charge on any atom is -0.508 e. The molecule has 3 aromatic carbocycles. The summed E-state index contributed by atoms with van der Waals surface area (Å²) in [6.07, 6.45) is 0. The summed E-state index contributed by atoms with van der Waals surface area (Å²) in [7, 11) is 1.56. The van der Waals surface area contributed by atoms with Crippen LogP contribution in [0.2, 0.25) is 0 Å². The van der Waals surface area contributed by atoms with E-state index in [9.17, 15) is 24.3 Å². The maximum atomic E-state index is 13.9. The van der Waals surface area contributed by atoms with Crippen LogP contribution in [-0.4, -0.2) is 39.8 Å². The molecule has 3 heterocycles. The number of fused-ring (bicyclic) bond motifs is 2. The third-order valence-electron chi connectivity index (χ3n) is 7.06. The van der Waals surface area contributed by atoms with Gasteiger partial charge in [-0.1, -0.05) is 51.2 Å². The summed E-state index contributed by atoms with van der Waals surface area (Å²) >= 11 is 5.54. The molecule has 4 aromatic rings. The minimum absolute atomic E-state index is 0.0645. The number of carbonyl (C=O) groups is 3. The number of thioether (sulfide) groups is 1. The SMILES string of the molecule is COc1ccc([C@H]2c3sc(=O)n(CC(=O)Nc4ccc(O)cc4)c3SC3C(=O)N(c4ccc(Br)cc4)C(=O)C32)cc1. The second-order valence-corrected chi connectivity index (χ2v) is 12.6. The number of nitrogens with one attached hydrogen (secondary N) is 1. The van der Waals surface area contributed by atoms with E-state index in [2.05, 4.69) is 21.2 Å². The van der Waals surface area contributed by atoms with Crippen molar-refractivity contribution >= 4 is 68.1 Å². The number of amides is 3. The highest BCUT2D eigenvalue weighted by atomic mass is 79.9. The third-order valence-corrected chi connectivity index (χ3v) is 10.2. The lowest BCUT2D eigenvalue weighted by Gasteiger charge is -2.30. The Labute approximate surface area is 250 Å². The van der Waals surface area contributed by atoms with Crippen molar-refractivity contribution in [2.45, 2.75) is 22.7 Å². The van der Waals surface area contributed by atoms with Crippen molar-refractivity contribution in [1.82, 2.24) is 4.57 Å².